The summed E-state index contributed by atoms with van der Waals surface area (Å²) in [5.41, 5.74) is 1.08. The van der Waals surface area contributed by atoms with Crippen molar-refractivity contribution in [3.8, 4) is 0 Å². The van der Waals surface area contributed by atoms with Crippen molar-refractivity contribution in [2.75, 3.05) is 0 Å². The minimum atomic E-state index is -0.767. The number of aliphatic hydroxyl groups is 1. The molecule has 0 aromatic heterocycles. The molecule has 3 nitrogen and oxygen atoms in total. The van der Waals surface area contributed by atoms with Gasteiger partial charge in [-0.05, 0) is 72.6 Å². The Balaban J connectivity index is 1.89. The van der Waals surface area contributed by atoms with Crippen molar-refractivity contribution in [3.63, 3.8) is 0 Å². The van der Waals surface area contributed by atoms with E-state index in [1.54, 1.807) is 6.07 Å². The molecular weight excluding hydrogens is 391 g/mol. The number of hydrogen-bond donors (Lipinski definition) is 2. The molecular formula is C20H24Cl2O3S. The van der Waals surface area contributed by atoms with Crippen molar-refractivity contribution < 1.29 is 15.0 Å². The van der Waals surface area contributed by atoms with Crippen molar-refractivity contribution >= 4 is 46.3 Å². The Morgan fingerprint density at radius 3 is 2.58 bits per heavy atom. The number of carboxylic acids is 1. The average molecular weight is 415 g/mol. The highest BCUT2D eigenvalue weighted by Crippen LogP contribution is 2.36. The predicted molar refractivity (Wildman–Crippen MR) is 110 cm³/mol. The van der Waals surface area contributed by atoms with Crippen molar-refractivity contribution in [2.45, 2.75) is 51.0 Å². The maximum absolute atomic E-state index is 10.5. The molecule has 0 aliphatic heterocycles. The average Bonchev–Trinajstić information content (AvgIpc) is 2.81. The van der Waals surface area contributed by atoms with Gasteiger partial charge in [0.05, 0.1) is 6.10 Å². The highest BCUT2D eigenvalue weighted by atomic mass is 35.5. The molecule has 1 aromatic rings. The minimum Gasteiger partial charge on any atom is -0.481 e. The maximum Gasteiger partial charge on any atom is 0.303 e. The molecule has 1 saturated carbocycles. The maximum atomic E-state index is 10.5. The standard InChI is InChI=1S/C20H24Cl2O3S/c21-14-9-13(10-15(22)11-14)7-8-17-16(18(23)12-19(17)26)5-3-1-2-4-6-20(24)25/h1,3,9-11,16-18,23H,2,4-8,12H2,(H,24,25)/b3-1+/t16-,17-,18?/m1/s1. The monoisotopic (exact) mass is 414 g/mol. The molecule has 6 heteroatoms. The van der Waals surface area contributed by atoms with Crippen LogP contribution in [0.25, 0.3) is 0 Å². The molecule has 0 radical (unpaired) electrons. The number of hydrogen-bond acceptors (Lipinski definition) is 3. The molecule has 3 atom stereocenters. The molecule has 2 N–H and O–H groups in total. The molecule has 0 saturated heterocycles. The van der Waals surface area contributed by atoms with E-state index in [0.29, 0.717) is 22.9 Å². The first-order valence-electron chi connectivity index (χ1n) is 8.89. The zero-order valence-electron chi connectivity index (χ0n) is 14.5. The van der Waals surface area contributed by atoms with E-state index >= 15 is 0 Å². The van der Waals surface area contributed by atoms with E-state index < -0.39 is 12.1 Å². The third-order valence-electron chi connectivity index (χ3n) is 4.84. The largest absolute Gasteiger partial charge is 0.481 e. The van der Waals surface area contributed by atoms with Crippen LogP contribution in [0.2, 0.25) is 10.0 Å². The van der Waals surface area contributed by atoms with Crippen LogP contribution in [0.4, 0.5) is 0 Å². The fourth-order valence-corrected chi connectivity index (χ4v) is 4.57. The molecule has 0 spiro atoms. The predicted octanol–water partition coefficient (Wildman–Crippen LogP) is 5.49. The van der Waals surface area contributed by atoms with Gasteiger partial charge in [0, 0.05) is 22.9 Å². The van der Waals surface area contributed by atoms with Crippen LogP contribution < -0.4 is 0 Å². The normalized spacial score (nSPS) is 23.0. The summed E-state index contributed by atoms with van der Waals surface area (Å²) in [6.45, 7) is 0. The minimum absolute atomic E-state index is 0.118. The summed E-state index contributed by atoms with van der Waals surface area (Å²) < 4.78 is 0. The van der Waals surface area contributed by atoms with Gasteiger partial charge in [0.1, 0.15) is 0 Å². The molecule has 1 unspecified atom stereocenters. The van der Waals surface area contributed by atoms with E-state index in [4.69, 9.17) is 40.5 Å². The van der Waals surface area contributed by atoms with Crippen LogP contribution >= 0.6 is 35.4 Å². The topological polar surface area (TPSA) is 57.5 Å². The van der Waals surface area contributed by atoms with Gasteiger partial charge in [0.25, 0.3) is 0 Å². The molecule has 0 bridgehead atoms. The Bertz CT molecular complexity index is 655. The molecule has 26 heavy (non-hydrogen) atoms. The van der Waals surface area contributed by atoms with E-state index in [0.717, 1.165) is 36.1 Å². The Kier molecular flexibility index (Phi) is 8.55. The molecule has 1 aliphatic carbocycles. The number of benzene rings is 1. The van der Waals surface area contributed by atoms with Gasteiger partial charge < -0.3 is 10.2 Å². The second kappa shape index (κ2) is 10.4. The highest BCUT2D eigenvalue weighted by molar-refractivity contribution is 7.80. The summed E-state index contributed by atoms with van der Waals surface area (Å²) >= 11 is 17.6. The third-order valence-corrected chi connectivity index (χ3v) is 5.74. The number of aliphatic carboxylic acids is 1. The van der Waals surface area contributed by atoms with Crippen LogP contribution in [0, 0.1) is 11.8 Å². The van der Waals surface area contributed by atoms with Crippen LogP contribution in [0.3, 0.4) is 0 Å². The first-order chi connectivity index (χ1) is 12.4. The van der Waals surface area contributed by atoms with Crippen LogP contribution in [0.1, 0.15) is 44.1 Å². The van der Waals surface area contributed by atoms with Crippen molar-refractivity contribution in [2.24, 2.45) is 11.8 Å². The van der Waals surface area contributed by atoms with Gasteiger partial charge in [-0.2, -0.15) is 0 Å². The molecule has 1 aromatic carbocycles. The second-order valence-corrected chi connectivity index (χ2v) is 8.21. The van der Waals surface area contributed by atoms with Crippen LogP contribution in [0.5, 0.6) is 0 Å². The summed E-state index contributed by atoms with van der Waals surface area (Å²) in [5, 5.41) is 20.2. The number of unbranched alkanes of at least 4 members (excludes halogenated alkanes) is 1. The second-order valence-electron chi connectivity index (χ2n) is 6.82. The lowest BCUT2D eigenvalue weighted by molar-refractivity contribution is -0.137. The van der Waals surface area contributed by atoms with E-state index in [9.17, 15) is 9.90 Å². The Morgan fingerprint density at radius 1 is 1.23 bits per heavy atom. The van der Waals surface area contributed by atoms with E-state index in [2.05, 4.69) is 0 Å². The first kappa shape index (κ1) is 21.4. The molecule has 0 heterocycles. The number of thiocarbonyl (C=S) groups is 1. The van der Waals surface area contributed by atoms with E-state index in [1.165, 1.54) is 0 Å². The molecule has 2 rings (SSSR count). The molecule has 1 fully saturated rings. The fraction of sp³-hybridized carbons (Fsp3) is 0.500. The number of aryl methyl sites for hydroxylation is 1. The highest BCUT2D eigenvalue weighted by Gasteiger charge is 2.37. The van der Waals surface area contributed by atoms with Crippen LogP contribution in [-0.2, 0) is 11.2 Å². The summed E-state index contributed by atoms with van der Waals surface area (Å²) in [4.78, 5) is 11.4. The zero-order valence-corrected chi connectivity index (χ0v) is 16.9. The Labute approximate surface area is 170 Å². The SMILES string of the molecule is O=C(O)CCC/C=C/C[C@H]1C(O)CC(=S)[C@@H]1CCc1cc(Cl)cc(Cl)c1. The lowest BCUT2D eigenvalue weighted by Crippen LogP contribution is -2.20. The van der Waals surface area contributed by atoms with Gasteiger partial charge in [0.2, 0.25) is 0 Å². The molecule has 142 valence electrons. The number of aliphatic hydroxyl groups excluding tert-OH is 1. The number of carboxylic acid groups (broad SMARTS) is 1. The first-order valence-corrected chi connectivity index (χ1v) is 10.1. The Morgan fingerprint density at radius 2 is 1.92 bits per heavy atom. The van der Waals surface area contributed by atoms with Crippen LogP contribution in [-0.4, -0.2) is 27.2 Å². The van der Waals surface area contributed by atoms with Crippen molar-refractivity contribution in [1.82, 2.24) is 0 Å². The van der Waals surface area contributed by atoms with Gasteiger partial charge in [-0.25, -0.2) is 0 Å². The van der Waals surface area contributed by atoms with Crippen molar-refractivity contribution in [1.29, 1.82) is 0 Å². The number of rotatable bonds is 9. The lowest BCUT2D eigenvalue weighted by Gasteiger charge is -2.20. The third kappa shape index (κ3) is 6.66. The summed E-state index contributed by atoms with van der Waals surface area (Å²) in [6, 6.07) is 5.55. The number of carbonyl (C=O) groups is 1. The smallest absolute Gasteiger partial charge is 0.303 e. The summed E-state index contributed by atoms with van der Waals surface area (Å²) in [7, 11) is 0. The summed E-state index contributed by atoms with van der Waals surface area (Å²) in [6.07, 6.45) is 8.23. The van der Waals surface area contributed by atoms with Gasteiger partial charge in [0.15, 0.2) is 0 Å². The fourth-order valence-electron chi connectivity index (χ4n) is 3.53. The van der Waals surface area contributed by atoms with Gasteiger partial charge in [-0.1, -0.05) is 47.6 Å². The number of halogens is 2. The molecule has 1 aliphatic rings. The number of allylic oxidation sites excluding steroid dienone is 2. The quantitative estimate of drug-likeness (QED) is 0.318. The van der Waals surface area contributed by atoms with Gasteiger partial charge in [-0.3, -0.25) is 4.79 Å². The van der Waals surface area contributed by atoms with Gasteiger partial charge in [-0.15, -0.1) is 0 Å². The molecule has 0 amide bonds. The Hall–Kier alpha value is -0.940. The lowest BCUT2D eigenvalue weighted by atomic mass is 9.86. The zero-order chi connectivity index (χ0) is 19.1. The summed E-state index contributed by atoms with van der Waals surface area (Å²) in [5.74, 6) is -0.453. The van der Waals surface area contributed by atoms with Crippen molar-refractivity contribution in [3.05, 3.63) is 46.0 Å². The van der Waals surface area contributed by atoms with Crippen LogP contribution in [0.15, 0.2) is 30.4 Å². The van der Waals surface area contributed by atoms with E-state index in [-0.39, 0.29) is 18.3 Å². The van der Waals surface area contributed by atoms with Gasteiger partial charge >= 0.3 is 5.97 Å². The van der Waals surface area contributed by atoms with E-state index in [1.807, 2.05) is 24.3 Å².